The maximum Gasteiger partial charge on any atom is 0.139 e. The van der Waals surface area contributed by atoms with Gasteiger partial charge in [0, 0.05) is 42.9 Å². The largest absolute Gasteiger partial charge is 0.493 e. The van der Waals surface area contributed by atoms with Crippen molar-refractivity contribution >= 4 is 28.1 Å². The summed E-state index contributed by atoms with van der Waals surface area (Å²) in [6, 6.07) is 14.5. The van der Waals surface area contributed by atoms with E-state index >= 15 is 0 Å². The maximum atomic E-state index is 5.61. The fourth-order valence-electron chi connectivity index (χ4n) is 5.47. The topological polar surface area (TPSA) is 63.2 Å². The molecule has 0 bridgehead atoms. The summed E-state index contributed by atoms with van der Waals surface area (Å²) in [4.78, 5) is 17.0. The maximum absolute atomic E-state index is 5.61. The average molecular weight is 544 g/mol. The number of nitrogens with zero attached hydrogens (tertiary/aromatic N) is 4. The highest BCUT2D eigenvalue weighted by Crippen LogP contribution is 2.34. The lowest BCUT2D eigenvalue weighted by atomic mass is 9.83. The molecule has 206 valence electrons. The van der Waals surface area contributed by atoms with Gasteiger partial charge in [0.25, 0.3) is 0 Å². The Labute approximate surface area is 236 Å². The quantitative estimate of drug-likeness (QED) is 0.283. The monoisotopic (exact) mass is 543 g/mol. The van der Waals surface area contributed by atoms with Gasteiger partial charge in [0.1, 0.15) is 22.4 Å². The Morgan fingerprint density at radius 1 is 1.00 bits per heavy atom. The van der Waals surface area contributed by atoms with Crippen LogP contribution in [0.4, 0.5) is 5.82 Å². The van der Waals surface area contributed by atoms with Gasteiger partial charge in [-0.1, -0.05) is 31.9 Å². The standard InChI is InChI=1S/C21H28N2OS.C11H13N3/c1-14-3-5-16(6-4-14)12-22-13-20-15(2)23-21(25-20)18-7-8-19-17(11-18)9-10-24-19;1-8-12-10-7-5-4-6-9(10)11(13-8)14(2)3/h7-8,11,14,16,22H,3-6,9-10,12-13H2,1-2H3;4-7H,1-3H3. The number of nitrogens with one attached hydrogen (secondary N) is 1. The molecule has 1 saturated carbocycles. The van der Waals surface area contributed by atoms with Crippen LogP contribution < -0.4 is 15.0 Å². The van der Waals surface area contributed by atoms with Crippen molar-refractivity contribution in [2.24, 2.45) is 11.8 Å². The molecule has 6 nitrogen and oxygen atoms in total. The van der Waals surface area contributed by atoms with Crippen molar-refractivity contribution in [1.82, 2.24) is 20.3 Å². The molecule has 0 amide bonds. The van der Waals surface area contributed by atoms with E-state index in [1.54, 1.807) is 0 Å². The van der Waals surface area contributed by atoms with Crippen LogP contribution in [0.15, 0.2) is 42.5 Å². The number of aromatic nitrogens is 3. The van der Waals surface area contributed by atoms with Crippen LogP contribution in [0.3, 0.4) is 0 Å². The van der Waals surface area contributed by atoms with Crippen molar-refractivity contribution in [2.75, 3.05) is 32.1 Å². The summed E-state index contributed by atoms with van der Waals surface area (Å²) in [5.74, 6) is 4.63. The minimum absolute atomic E-state index is 0.810. The van der Waals surface area contributed by atoms with Gasteiger partial charge in [-0.15, -0.1) is 11.3 Å². The third kappa shape index (κ3) is 6.76. The zero-order valence-corrected chi connectivity index (χ0v) is 24.8. The minimum Gasteiger partial charge on any atom is -0.493 e. The number of hydrogen-bond acceptors (Lipinski definition) is 7. The molecule has 7 heteroatoms. The Kier molecular flexibility index (Phi) is 8.78. The first-order valence-corrected chi connectivity index (χ1v) is 15.0. The lowest BCUT2D eigenvalue weighted by Gasteiger charge is -2.26. The van der Waals surface area contributed by atoms with Gasteiger partial charge in [-0.05, 0) is 81.0 Å². The van der Waals surface area contributed by atoms with E-state index in [0.717, 1.165) is 71.3 Å². The number of ether oxygens (including phenoxy) is 1. The first-order chi connectivity index (χ1) is 18.9. The number of hydrogen-bond donors (Lipinski definition) is 1. The van der Waals surface area contributed by atoms with Crippen LogP contribution in [0.5, 0.6) is 5.75 Å². The molecule has 0 spiro atoms. The number of thiazole rings is 1. The van der Waals surface area contributed by atoms with Crippen molar-refractivity contribution in [3.8, 4) is 16.3 Å². The molecule has 0 unspecified atom stereocenters. The number of rotatable bonds is 6. The smallest absolute Gasteiger partial charge is 0.139 e. The summed E-state index contributed by atoms with van der Waals surface area (Å²) in [6.45, 7) is 9.34. The average Bonchev–Trinajstić information content (AvgIpc) is 3.55. The van der Waals surface area contributed by atoms with Crippen molar-refractivity contribution in [3.05, 3.63) is 64.4 Å². The number of aryl methyl sites for hydroxylation is 2. The van der Waals surface area contributed by atoms with Gasteiger partial charge < -0.3 is 15.0 Å². The second-order valence-corrected chi connectivity index (χ2v) is 12.3. The van der Waals surface area contributed by atoms with E-state index in [1.165, 1.54) is 47.4 Å². The summed E-state index contributed by atoms with van der Waals surface area (Å²) >= 11 is 1.83. The molecule has 1 aliphatic heterocycles. The Balaban J connectivity index is 0.000000186. The zero-order valence-electron chi connectivity index (χ0n) is 24.0. The van der Waals surface area contributed by atoms with Crippen LogP contribution >= 0.6 is 11.3 Å². The molecule has 6 rings (SSSR count). The van der Waals surface area contributed by atoms with E-state index in [4.69, 9.17) is 9.72 Å². The number of benzene rings is 2. The molecule has 4 aromatic rings. The third-order valence-electron chi connectivity index (χ3n) is 7.80. The Morgan fingerprint density at radius 3 is 2.59 bits per heavy atom. The molecule has 3 heterocycles. The summed E-state index contributed by atoms with van der Waals surface area (Å²) in [6.07, 6.45) is 6.59. The molecule has 0 atom stereocenters. The molecular weight excluding hydrogens is 502 g/mol. The lowest BCUT2D eigenvalue weighted by Crippen LogP contribution is -2.25. The van der Waals surface area contributed by atoms with Gasteiger partial charge in [-0.3, -0.25) is 0 Å². The Morgan fingerprint density at radius 2 is 1.79 bits per heavy atom. The predicted molar refractivity (Wildman–Crippen MR) is 163 cm³/mol. The van der Waals surface area contributed by atoms with Gasteiger partial charge in [0.2, 0.25) is 0 Å². The van der Waals surface area contributed by atoms with E-state index in [1.807, 2.05) is 61.5 Å². The first-order valence-electron chi connectivity index (χ1n) is 14.2. The normalized spacial score (nSPS) is 18.3. The summed E-state index contributed by atoms with van der Waals surface area (Å²) in [5, 5.41) is 5.92. The summed E-state index contributed by atoms with van der Waals surface area (Å²) in [5.41, 5.74) is 4.71. The summed E-state index contributed by atoms with van der Waals surface area (Å²) < 4.78 is 5.61. The van der Waals surface area contributed by atoms with Gasteiger partial charge >= 0.3 is 0 Å². The first kappa shape index (κ1) is 27.5. The highest BCUT2D eigenvalue weighted by Gasteiger charge is 2.19. The molecule has 2 aromatic carbocycles. The molecular formula is C32H41N5OS. The predicted octanol–water partition coefficient (Wildman–Crippen LogP) is 6.97. The van der Waals surface area contributed by atoms with Crippen LogP contribution in [-0.2, 0) is 13.0 Å². The molecule has 2 aliphatic rings. The SMILES string of the molecule is Cc1nc(-c2ccc3c(c2)CCO3)sc1CNCC1CCC(C)CC1.Cc1nc(N(C)C)c2ccccc2n1. The van der Waals surface area contributed by atoms with Crippen LogP contribution in [-0.4, -0.2) is 42.2 Å². The van der Waals surface area contributed by atoms with Gasteiger partial charge in [-0.25, -0.2) is 15.0 Å². The molecule has 1 N–H and O–H groups in total. The molecule has 39 heavy (non-hydrogen) atoms. The Bertz CT molecular complexity index is 1410. The van der Waals surface area contributed by atoms with Crippen molar-refractivity contribution in [2.45, 2.75) is 59.4 Å². The van der Waals surface area contributed by atoms with E-state index in [0.29, 0.717) is 0 Å². The fraction of sp³-hybridized carbons (Fsp3) is 0.469. The molecule has 2 aromatic heterocycles. The van der Waals surface area contributed by atoms with Crippen LogP contribution in [0.2, 0.25) is 0 Å². The second-order valence-electron chi connectivity index (χ2n) is 11.2. The summed E-state index contributed by atoms with van der Waals surface area (Å²) in [7, 11) is 3.99. The molecule has 1 fully saturated rings. The lowest BCUT2D eigenvalue weighted by molar-refractivity contribution is 0.281. The van der Waals surface area contributed by atoms with Gasteiger partial charge in [0.05, 0.1) is 17.8 Å². The highest BCUT2D eigenvalue weighted by atomic mass is 32.1. The number of anilines is 1. The van der Waals surface area contributed by atoms with Crippen molar-refractivity contribution in [3.63, 3.8) is 0 Å². The Hall–Kier alpha value is -3.03. The zero-order chi connectivity index (χ0) is 27.4. The number of para-hydroxylation sites is 1. The van der Waals surface area contributed by atoms with Gasteiger partial charge in [0.15, 0.2) is 0 Å². The van der Waals surface area contributed by atoms with Crippen LogP contribution in [0.1, 0.15) is 54.6 Å². The molecule has 0 saturated heterocycles. The van der Waals surface area contributed by atoms with E-state index < -0.39 is 0 Å². The van der Waals surface area contributed by atoms with E-state index in [2.05, 4.69) is 47.3 Å². The number of fused-ring (bicyclic) bond motifs is 2. The van der Waals surface area contributed by atoms with E-state index in [9.17, 15) is 0 Å². The minimum atomic E-state index is 0.810. The van der Waals surface area contributed by atoms with Crippen molar-refractivity contribution in [1.29, 1.82) is 0 Å². The fourth-order valence-corrected chi connectivity index (χ4v) is 6.50. The highest BCUT2D eigenvalue weighted by molar-refractivity contribution is 7.15. The third-order valence-corrected chi connectivity index (χ3v) is 9.01. The van der Waals surface area contributed by atoms with Crippen LogP contribution in [0.25, 0.3) is 21.5 Å². The van der Waals surface area contributed by atoms with Crippen LogP contribution in [0, 0.1) is 25.7 Å². The second kappa shape index (κ2) is 12.4. The van der Waals surface area contributed by atoms with Crippen molar-refractivity contribution < 1.29 is 4.74 Å². The molecule has 1 aliphatic carbocycles. The van der Waals surface area contributed by atoms with Gasteiger partial charge in [-0.2, -0.15) is 0 Å². The van der Waals surface area contributed by atoms with E-state index in [-0.39, 0.29) is 0 Å². The molecule has 0 radical (unpaired) electrons.